The Morgan fingerprint density at radius 1 is 1.00 bits per heavy atom. The molecule has 0 aromatic rings. The van der Waals surface area contributed by atoms with Crippen molar-refractivity contribution in [3.05, 3.63) is 25.2 Å². The van der Waals surface area contributed by atoms with Gasteiger partial charge in [0.1, 0.15) is 0 Å². The van der Waals surface area contributed by atoms with Crippen LogP contribution in [0.3, 0.4) is 0 Å². The third-order valence-electron chi connectivity index (χ3n) is 2.63. The maximum Gasteiger partial charge on any atom is 0.239 e. The highest BCUT2D eigenvalue weighted by molar-refractivity contribution is 4.74. The lowest BCUT2D eigenvalue weighted by atomic mass is 10.1. The Hall–Kier alpha value is -0.920. The minimum atomic E-state index is -0.187. The molecule has 0 rings (SSSR count). The van der Waals surface area contributed by atoms with Gasteiger partial charge in [-0.2, -0.15) is 0 Å². The number of hydrogen-bond acceptors (Lipinski definition) is 2. The molecule has 0 amide bonds. The van der Waals surface area contributed by atoms with Gasteiger partial charge in [0.15, 0.2) is 0 Å². The van der Waals surface area contributed by atoms with Gasteiger partial charge in [0.25, 0.3) is 0 Å². The summed E-state index contributed by atoms with van der Waals surface area (Å²) in [6, 6.07) is 0. The second kappa shape index (κ2) is 13.1. The third-order valence-corrected chi connectivity index (χ3v) is 2.63. The van der Waals surface area contributed by atoms with Crippen LogP contribution in [0.25, 0.3) is 0 Å². The summed E-state index contributed by atoms with van der Waals surface area (Å²) in [7, 11) is 0. The SMILES string of the molecule is C=COC(CC)OC=CCCCCCCCC. The maximum atomic E-state index is 5.40. The van der Waals surface area contributed by atoms with Gasteiger partial charge in [0.05, 0.1) is 12.5 Å². The largest absolute Gasteiger partial charge is 0.463 e. The zero-order valence-corrected chi connectivity index (χ0v) is 11.5. The molecule has 0 saturated carbocycles. The second-order valence-electron chi connectivity index (χ2n) is 4.20. The molecule has 1 atom stereocenters. The summed E-state index contributed by atoms with van der Waals surface area (Å²) in [6.07, 6.45) is 15.0. The minimum absolute atomic E-state index is 0.187. The van der Waals surface area contributed by atoms with Crippen LogP contribution in [-0.2, 0) is 9.47 Å². The summed E-state index contributed by atoms with van der Waals surface area (Å²) in [4.78, 5) is 0. The van der Waals surface area contributed by atoms with E-state index >= 15 is 0 Å². The fourth-order valence-corrected chi connectivity index (χ4v) is 1.59. The molecule has 0 aromatic heterocycles. The normalized spacial score (nSPS) is 12.6. The van der Waals surface area contributed by atoms with E-state index in [-0.39, 0.29) is 6.29 Å². The first-order valence-corrected chi connectivity index (χ1v) is 6.92. The van der Waals surface area contributed by atoms with E-state index in [0.717, 1.165) is 12.8 Å². The molecule has 0 aromatic carbocycles. The van der Waals surface area contributed by atoms with Gasteiger partial charge in [0, 0.05) is 6.42 Å². The van der Waals surface area contributed by atoms with Crippen LogP contribution in [0.4, 0.5) is 0 Å². The summed E-state index contributed by atoms with van der Waals surface area (Å²) in [5.74, 6) is 0. The molecule has 0 aliphatic rings. The molecule has 0 aliphatic carbocycles. The Kier molecular flexibility index (Phi) is 12.4. The van der Waals surface area contributed by atoms with Gasteiger partial charge in [0.2, 0.25) is 6.29 Å². The first-order valence-electron chi connectivity index (χ1n) is 6.92. The van der Waals surface area contributed by atoms with Gasteiger partial charge >= 0.3 is 0 Å². The molecule has 2 nitrogen and oxygen atoms in total. The molecule has 100 valence electrons. The number of unbranched alkanes of at least 4 members (excludes halogenated alkanes) is 6. The van der Waals surface area contributed by atoms with E-state index in [4.69, 9.17) is 9.47 Å². The van der Waals surface area contributed by atoms with Crippen molar-refractivity contribution in [1.82, 2.24) is 0 Å². The van der Waals surface area contributed by atoms with E-state index < -0.39 is 0 Å². The molecule has 2 heteroatoms. The molecule has 0 fully saturated rings. The summed E-state index contributed by atoms with van der Waals surface area (Å²) in [6.45, 7) is 7.78. The zero-order valence-electron chi connectivity index (χ0n) is 11.5. The van der Waals surface area contributed by atoms with E-state index in [0.29, 0.717) is 0 Å². The molecule has 0 saturated heterocycles. The van der Waals surface area contributed by atoms with Crippen molar-refractivity contribution < 1.29 is 9.47 Å². The topological polar surface area (TPSA) is 18.5 Å². The lowest BCUT2D eigenvalue weighted by molar-refractivity contribution is -0.0624. The van der Waals surface area contributed by atoms with Crippen LogP contribution in [0.5, 0.6) is 0 Å². The molecule has 0 radical (unpaired) electrons. The standard InChI is InChI=1S/C15H28O2/c1-4-7-8-9-10-11-12-13-14-17-15(5-2)16-6-3/h6,13-15H,3-5,7-12H2,1-2H3. The van der Waals surface area contributed by atoms with Gasteiger partial charge in [-0.3, -0.25) is 0 Å². The number of rotatable bonds is 12. The molecule has 0 spiro atoms. The molecule has 0 heterocycles. The third kappa shape index (κ3) is 11.3. The summed E-state index contributed by atoms with van der Waals surface area (Å²) >= 11 is 0. The lowest BCUT2D eigenvalue weighted by Gasteiger charge is -2.12. The monoisotopic (exact) mass is 240 g/mol. The van der Waals surface area contributed by atoms with E-state index in [9.17, 15) is 0 Å². The fraction of sp³-hybridized carbons (Fsp3) is 0.733. The van der Waals surface area contributed by atoms with Crippen molar-refractivity contribution in [3.63, 3.8) is 0 Å². The average Bonchev–Trinajstić information content (AvgIpc) is 2.35. The Balaban J connectivity index is 3.32. The Bertz CT molecular complexity index is 187. The van der Waals surface area contributed by atoms with Gasteiger partial charge in [-0.25, -0.2) is 0 Å². The van der Waals surface area contributed by atoms with Crippen molar-refractivity contribution in [2.24, 2.45) is 0 Å². The van der Waals surface area contributed by atoms with E-state index in [1.807, 2.05) is 6.92 Å². The fourth-order valence-electron chi connectivity index (χ4n) is 1.59. The molecule has 0 aliphatic heterocycles. The molecule has 0 N–H and O–H groups in total. The lowest BCUT2D eigenvalue weighted by Crippen LogP contribution is -2.09. The van der Waals surface area contributed by atoms with Crippen molar-refractivity contribution in [3.8, 4) is 0 Å². The van der Waals surface area contributed by atoms with Crippen LogP contribution in [-0.4, -0.2) is 6.29 Å². The predicted octanol–water partition coefficient (Wildman–Crippen LogP) is 5.16. The van der Waals surface area contributed by atoms with Crippen LogP contribution >= 0.6 is 0 Å². The van der Waals surface area contributed by atoms with Crippen molar-refractivity contribution in [2.75, 3.05) is 0 Å². The summed E-state index contributed by atoms with van der Waals surface area (Å²) in [5.41, 5.74) is 0. The van der Waals surface area contributed by atoms with Crippen LogP contribution < -0.4 is 0 Å². The quantitative estimate of drug-likeness (QED) is 0.266. The molecule has 0 bridgehead atoms. The number of allylic oxidation sites excluding steroid dienone is 1. The Morgan fingerprint density at radius 3 is 2.35 bits per heavy atom. The highest BCUT2D eigenvalue weighted by Gasteiger charge is 2.01. The van der Waals surface area contributed by atoms with Crippen LogP contribution in [0.15, 0.2) is 25.2 Å². The first kappa shape index (κ1) is 16.1. The summed E-state index contributed by atoms with van der Waals surface area (Å²) < 4.78 is 10.6. The second-order valence-corrected chi connectivity index (χ2v) is 4.20. The first-order chi connectivity index (χ1) is 8.35. The maximum absolute atomic E-state index is 5.40. The Labute approximate surface area is 107 Å². The van der Waals surface area contributed by atoms with E-state index in [1.165, 1.54) is 44.8 Å². The molecule has 1 unspecified atom stereocenters. The van der Waals surface area contributed by atoms with Crippen LogP contribution in [0, 0.1) is 0 Å². The minimum Gasteiger partial charge on any atom is -0.463 e. The zero-order chi connectivity index (χ0) is 12.8. The van der Waals surface area contributed by atoms with E-state index in [1.54, 1.807) is 6.26 Å². The van der Waals surface area contributed by atoms with Crippen molar-refractivity contribution >= 4 is 0 Å². The number of hydrogen-bond donors (Lipinski definition) is 0. The van der Waals surface area contributed by atoms with Gasteiger partial charge in [-0.05, 0) is 18.9 Å². The van der Waals surface area contributed by atoms with E-state index in [2.05, 4.69) is 19.6 Å². The molecular weight excluding hydrogens is 212 g/mol. The number of ether oxygens (including phenoxy) is 2. The summed E-state index contributed by atoms with van der Waals surface area (Å²) in [5, 5.41) is 0. The highest BCUT2D eigenvalue weighted by atomic mass is 16.7. The van der Waals surface area contributed by atoms with Crippen LogP contribution in [0.2, 0.25) is 0 Å². The van der Waals surface area contributed by atoms with Crippen molar-refractivity contribution in [2.45, 2.75) is 71.5 Å². The Morgan fingerprint density at radius 2 is 1.71 bits per heavy atom. The molecule has 17 heavy (non-hydrogen) atoms. The van der Waals surface area contributed by atoms with Gasteiger partial charge in [-0.1, -0.05) is 52.5 Å². The van der Waals surface area contributed by atoms with Crippen molar-refractivity contribution in [1.29, 1.82) is 0 Å². The van der Waals surface area contributed by atoms with Gasteiger partial charge in [-0.15, -0.1) is 0 Å². The average molecular weight is 240 g/mol. The van der Waals surface area contributed by atoms with Gasteiger partial charge < -0.3 is 9.47 Å². The molecular formula is C15H28O2. The smallest absolute Gasteiger partial charge is 0.239 e. The highest BCUT2D eigenvalue weighted by Crippen LogP contribution is 2.07. The predicted molar refractivity (Wildman–Crippen MR) is 73.6 cm³/mol. The van der Waals surface area contributed by atoms with Crippen LogP contribution in [0.1, 0.15) is 65.2 Å².